The van der Waals surface area contributed by atoms with Crippen molar-refractivity contribution in [3.8, 4) is 11.3 Å². The predicted molar refractivity (Wildman–Crippen MR) is 141 cm³/mol. The van der Waals surface area contributed by atoms with Gasteiger partial charge >= 0.3 is 0 Å². The van der Waals surface area contributed by atoms with Gasteiger partial charge < -0.3 is 14.6 Å². The number of morpholine rings is 1. The average molecular weight is 510 g/mol. The predicted octanol–water partition coefficient (Wildman–Crippen LogP) is 4.56. The van der Waals surface area contributed by atoms with Crippen LogP contribution in [0.3, 0.4) is 0 Å². The van der Waals surface area contributed by atoms with Gasteiger partial charge in [-0.25, -0.2) is 13.1 Å². The van der Waals surface area contributed by atoms with Crippen molar-refractivity contribution < 1.29 is 17.9 Å². The third kappa shape index (κ3) is 5.21. The van der Waals surface area contributed by atoms with Crippen molar-refractivity contribution >= 4 is 26.8 Å². The molecule has 2 fully saturated rings. The molecule has 5 rings (SSSR count). The maximum Gasteiger partial charge on any atom is 0.240 e. The number of sulfonamides is 1. The summed E-state index contributed by atoms with van der Waals surface area (Å²) in [5, 5.41) is 0.967. The van der Waals surface area contributed by atoms with Gasteiger partial charge in [-0.3, -0.25) is 4.79 Å². The van der Waals surface area contributed by atoms with E-state index in [1.165, 1.54) is 0 Å². The van der Waals surface area contributed by atoms with E-state index in [-0.39, 0.29) is 28.8 Å². The number of H-pyrrole nitrogens is 1. The van der Waals surface area contributed by atoms with Crippen LogP contribution < -0.4 is 4.72 Å². The summed E-state index contributed by atoms with van der Waals surface area (Å²) in [6, 6.07) is 17.2. The molecule has 0 unspecified atom stereocenters. The van der Waals surface area contributed by atoms with Crippen LogP contribution in [0.5, 0.6) is 0 Å². The molecular formula is C28H35N3O4S. The highest BCUT2D eigenvalue weighted by Crippen LogP contribution is 2.30. The maximum atomic E-state index is 13.2. The second kappa shape index (κ2) is 10.4. The van der Waals surface area contributed by atoms with Gasteiger partial charge in [-0.05, 0) is 55.4 Å². The lowest BCUT2D eigenvalue weighted by atomic mass is 9.85. The first-order valence-corrected chi connectivity index (χ1v) is 14.4. The molecule has 1 aliphatic carbocycles. The van der Waals surface area contributed by atoms with Crippen LogP contribution in [0.25, 0.3) is 22.2 Å². The second-order valence-electron chi connectivity index (χ2n) is 10.4. The molecule has 7 nitrogen and oxygen atoms in total. The van der Waals surface area contributed by atoms with E-state index < -0.39 is 10.0 Å². The topological polar surface area (TPSA) is 91.5 Å². The van der Waals surface area contributed by atoms with Gasteiger partial charge in [-0.2, -0.15) is 0 Å². The van der Waals surface area contributed by atoms with E-state index in [2.05, 4.69) is 23.6 Å². The fourth-order valence-electron chi connectivity index (χ4n) is 5.48. The van der Waals surface area contributed by atoms with Crippen molar-refractivity contribution in [1.82, 2.24) is 14.6 Å². The summed E-state index contributed by atoms with van der Waals surface area (Å²) in [4.78, 5) is 18.8. The minimum absolute atomic E-state index is 0.0446. The molecule has 0 bridgehead atoms. The van der Waals surface area contributed by atoms with Crippen molar-refractivity contribution in [3.05, 3.63) is 54.6 Å². The first-order chi connectivity index (χ1) is 17.3. The van der Waals surface area contributed by atoms with E-state index >= 15 is 0 Å². The zero-order valence-electron chi connectivity index (χ0n) is 20.9. The molecule has 1 saturated carbocycles. The molecule has 2 N–H and O–H groups in total. The number of nitrogens with zero attached hydrogens (tertiary/aromatic N) is 1. The molecule has 1 atom stereocenters. The molecule has 1 aliphatic heterocycles. The zero-order chi connectivity index (χ0) is 25.3. The summed E-state index contributed by atoms with van der Waals surface area (Å²) in [6.45, 7) is 6.07. The minimum atomic E-state index is -3.67. The number of fused-ring (bicyclic) bond motifs is 1. The maximum absolute atomic E-state index is 13.2. The van der Waals surface area contributed by atoms with E-state index in [0.29, 0.717) is 51.4 Å². The molecule has 0 spiro atoms. The van der Waals surface area contributed by atoms with Gasteiger partial charge in [-0.1, -0.05) is 50.2 Å². The van der Waals surface area contributed by atoms with Crippen molar-refractivity contribution in [3.63, 3.8) is 0 Å². The molecule has 1 amide bonds. The van der Waals surface area contributed by atoms with E-state index in [1.54, 1.807) is 12.1 Å². The van der Waals surface area contributed by atoms with Gasteiger partial charge in [0.2, 0.25) is 15.9 Å². The van der Waals surface area contributed by atoms with Crippen molar-refractivity contribution in [2.24, 2.45) is 11.8 Å². The Morgan fingerprint density at radius 3 is 2.53 bits per heavy atom. The number of ether oxygens (including phenoxy) is 1. The van der Waals surface area contributed by atoms with Crippen LogP contribution in [0, 0.1) is 11.8 Å². The number of carbonyl (C=O) groups is 1. The molecule has 2 aliphatic rings. The number of hydrogen-bond acceptors (Lipinski definition) is 4. The molecule has 2 aromatic carbocycles. The first-order valence-electron chi connectivity index (χ1n) is 12.9. The molecule has 36 heavy (non-hydrogen) atoms. The summed E-state index contributed by atoms with van der Waals surface area (Å²) in [5.74, 6) is 0.500. The Kier molecular flexibility index (Phi) is 7.19. The van der Waals surface area contributed by atoms with E-state index in [0.717, 1.165) is 22.2 Å². The summed E-state index contributed by atoms with van der Waals surface area (Å²) in [5.41, 5.74) is 2.80. The molecule has 8 heteroatoms. The quantitative estimate of drug-likeness (QED) is 0.510. The number of nitrogens with one attached hydrogen (secondary N) is 2. The largest absolute Gasteiger partial charge is 0.377 e. The normalized spacial score (nSPS) is 23.3. The number of aromatic amines is 1. The van der Waals surface area contributed by atoms with Gasteiger partial charge in [0.05, 0.1) is 24.2 Å². The number of carbonyl (C=O) groups excluding carboxylic acids is 1. The number of rotatable bonds is 6. The lowest BCUT2D eigenvalue weighted by Crippen LogP contribution is -2.53. The highest BCUT2D eigenvalue weighted by Gasteiger charge is 2.36. The Balaban J connectivity index is 1.23. The number of aromatic nitrogens is 1. The monoisotopic (exact) mass is 509 g/mol. The fraction of sp³-hybridized carbons (Fsp3) is 0.464. The third-order valence-corrected chi connectivity index (χ3v) is 9.12. The van der Waals surface area contributed by atoms with Crippen molar-refractivity contribution in [2.75, 3.05) is 19.8 Å². The highest BCUT2D eigenvalue weighted by molar-refractivity contribution is 7.89. The molecular weight excluding hydrogens is 474 g/mol. The highest BCUT2D eigenvalue weighted by atomic mass is 32.2. The first kappa shape index (κ1) is 25.0. The van der Waals surface area contributed by atoms with Gasteiger partial charge in [0, 0.05) is 35.1 Å². The van der Waals surface area contributed by atoms with E-state index in [9.17, 15) is 13.2 Å². The van der Waals surface area contributed by atoms with Crippen LogP contribution in [0.1, 0.15) is 39.5 Å². The zero-order valence-corrected chi connectivity index (χ0v) is 21.8. The summed E-state index contributed by atoms with van der Waals surface area (Å²) >= 11 is 0. The van der Waals surface area contributed by atoms with E-state index in [4.69, 9.17) is 4.74 Å². The minimum Gasteiger partial charge on any atom is -0.377 e. The fourth-order valence-corrected chi connectivity index (χ4v) is 6.81. The Bertz CT molecular complexity index is 1310. The number of hydrogen-bond donors (Lipinski definition) is 2. The second-order valence-corrected chi connectivity index (χ2v) is 12.1. The average Bonchev–Trinajstić information content (AvgIpc) is 3.33. The van der Waals surface area contributed by atoms with Gasteiger partial charge in [0.1, 0.15) is 0 Å². The van der Waals surface area contributed by atoms with Crippen LogP contribution in [-0.2, 0) is 19.6 Å². The summed E-state index contributed by atoms with van der Waals surface area (Å²) in [7, 11) is -3.67. The lowest BCUT2D eigenvalue weighted by molar-refractivity contribution is -0.147. The van der Waals surface area contributed by atoms with Gasteiger partial charge in [-0.15, -0.1) is 0 Å². The molecule has 2 heterocycles. The van der Waals surface area contributed by atoms with Crippen LogP contribution in [0.4, 0.5) is 0 Å². The third-order valence-electron chi connectivity index (χ3n) is 7.61. The molecule has 0 radical (unpaired) electrons. The van der Waals surface area contributed by atoms with Crippen LogP contribution >= 0.6 is 0 Å². The SMILES string of the molecule is CC(C)[C@H]1COCCN1C(=O)[C@H]1CC[C@H](NS(=O)(=O)c2ccc3cc(-c4ccccc4)[nH]c3c2)CC1. The molecule has 1 saturated heterocycles. The van der Waals surface area contributed by atoms with Crippen molar-refractivity contribution in [1.29, 1.82) is 0 Å². The van der Waals surface area contributed by atoms with Crippen LogP contribution in [0.2, 0.25) is 0 Å². The van der Waals surface area contributed by atoms with E-state index in [1.807, 2.05) is 47.4 Å². The van der Waals surface area contributed by atoms with Gasteiger partial charge in [0.15, 0.2) is 0 Å². The van der Waals surface area contributed by atoms with Crippen LogP contribution in [-0.4, -0.2) is 56.1 Å². The molecule has 192 valence electrons. The summed E-state index contributed by atoms with van der Waals surface area (Å²) in [6.07, 6.45) is 2.72. The Labute approximate surface area is 213 Å². The lowest BCUT2D eigenvalue weighted by Gasteiger charge is -2.41. The Morgan fingerprint density at radius 2 is 1.81 bits per heavy atom. The number of benzene rings is 2. The Morgan fingerprint density at radius 1 is 1.06 bits per heavy atom. The smallest absolute Gasteiger partial charge is 0.240 e. The Hall–Kier alpha value is -2.68. The summed E-state index contributed by atoms with van der Waals surface area (Å²) < 4.78 is 34.9. The molecule has 1 aromatic heterocycles. The standard InChI is InChI=1S/C28H35N3O4S/c1-19(2)27-18-35-15-14-31(27)28(32)21-8-11-23(12-9-21)30-36(33,34)24-13-10-22-16-25(29-26(22)17-24)20-6-4-3-5-7-20/h3-7,10,13,16-17,19,21,23,27,29-30H,8-9,11-12,14-15,18H2,1-2H3/t21-,23-,27-/m1/s1. The number of amides is 1. The van der Waals surface area contributed by atoms with Crippen molar-refractivity contribution in [2.45, 2.75) is 56.5 Å². The molecule has 3 aromatic rings. The van der Waals surface area contributed by atoms with Gasteiger partial charge in [0.25, 0.3) is 0 Å². The van der Waals surface area contributed by atoms with Crippen LogP contribution in [0.15, 0.2) is 59.5 Å².